The molecule has 5 heteroatoms. The number of benzene rings is 1. The highest BCUT2D eigenvalue weighted by Gasteiger charge is 2.17. The maximum absolute atomic E-state index is 11.8. The molecule has 0 atom stereocenters. The van der Waals surface area contributed by atoms with Crippen LogP contribution in [0.3, 0.4) is 0 Å². The number of amides is 1. The number of carbonyl (C=O) groups is 1. The quantitative estimate of drug-likeness (QED) is 0.810. The van der Waals surface area contributed by atoms with E-state index < -0.39 is 0 Å². The second-order valence-electron chi connectivity index (χ2n) is 4.17. The molecule has 0 unspecified atom stereocenters. The highest BCUT2D eigenvalue weighted by molar-refractivity contribution is 6.31. The zero-order valence-electron chi connectivity index (χ0n) is 9.58. The predicted octanol–water partition coefficient (Wildman–Crippen LogP) is 1.96. The van der Waals surface area contributed by atoms with E-state index in [1.807, 2.05) is 4.90 Å². The minimum absolute atomic E-state index is 0.113. The standard InChI is InChI=1S/C12H16ClN3O/c13-9-3-4-10(14)11(7-9)15-8-12(17)16-5-1-2-6-16/h3-4,7,15H,1-2,5-6,8,14H2. The summed E-state index contributed by atoms with van der Waals surface area (Å²) in [4.78, 5) is 13.7. The molecule has 1 aliphatic rings. The molecule has 1 amide bonds. The Labute approximate surface area is 106 Å². The zero-order valence-corrected chi connectivity index (χ0v) is 10.3. The largest absolute Gasteiger partial charge is 0.397 e. The molecule has 0 bridgehead atoms. The van der Waals surface area contributed by atoms with Gasteiger partial charge in [-0.25, -0.2) is 0 Å². The van der Waals surface area contributed by atoms with Crippen molar-refractivity contribution in [1.82, 2.24) is 4.90 Å². The van der Waals surface area contributed by atoms with Crippen LogP contribution in [0.4, 0.5) is 11.4 Å². The van der Waals surface area contributed by atoms with E-state index in [-0.39, 0.29) is 12.5 Å². The van der Waals surface area contributed by atoms with Gasteiger partial charge in [-0.2, -0.15) is 0 Å². The van der Waals surface area contributed by atoms with Gasteiger partial charge < -0.3 is 16.0 Å². The number of nitrogens with zero attached hydrogens (tertiary/aromatic N) is 1. The van der Waals surface area contributed by atoms with Crippen molar-refractivity contribution in [2.75, 3.05) is 30.7 Å². The summed E-state index contributed by atoms with van der Waals surface area (Å²) < 4.78 is 0. The van der Waals surface area contributed by atoms with Crippen LogP contribution in [0.5, 0.6) is 0 Å². The molecular weight excluding hydrogens is 238 g/mol. The van der Waals surface area contributed by atoms with Crippen LogP contribution in [0.15, 0.2) is 18.2 Å². The van der Waals surface area contributed by atoms with Crippen LogP contribution < -0.4 is 11.1 Å². The average molecular weight is 254 g/mol. The van der Waals surface area contributed by atoms with Gasteiger partial charge in [0.2, 0.25) is 5.91 Å². The first-order valence-electron chi connectivity index (χ1n) is 5.73. The molecule has 3 N–H and O–H groups in total. The third-order valence-electron chi connectivity index (χ3n) is 2.90. The molecule has 1 aliphatic heterocycles. The SMILES string of the molecule is Nc1ccc(Cl)cc1NCC(=O)N1CCCC1. The number of hydrogen-bond acceptors (Lipinski definition) is 3. The molecule has 1 heterocycles. The lowest BCUT2D eigenvalue weighted by atomic mass is 10.2. The van der Waals surface area contributed by atoms with Crippen molar-refractivity contribution in [2.45, 2.75) is 12.8 Å². The summed E-state index contributed by atoms with van der Waals surface area (Å²) >= 11 is 5.87. The van der Waals surface area contributed by atoms with Crippen LogP contribution >= 0.6 is 11.6 Å². The normalized spacial score (nSPS) is 15.0. The number of likely N-dealkylation sites (tertiary alicyclic amines) is 1. The molecule has 0 spiro atoms. The van der Waals surface area contributed by atoms with Gasteiger partial charge in [0.15, 0.2) is 0 Å². The average Bonchev–Trinajstić information content (AvgIpc) is 2.83. The number of nitrogens with two attached hydrogens (primary N) is 1. The van der Waals surface area contributed by atoms with E-state index in [9.17, 15) is 4.79 Å². The van der Waals surface area contributed by atoms with Crippen molar-refractivity contribution in [2.24, 2.45) is 0 Å². The van der Waals surface area contributed by atoms with Gasteiger partial charge in [0, 0.05) is 18.1 Å². The van der Waals surface area contributed by atoms with Crippen molar-refractivity contribution in [1.29, 1.82) is 0 Å². The number of nitrogen functional groups attached to an aromatic ring is 1. The maximum Gasteiger partial charge on any atom is 0.241 e. The maximum atomic E-state index is 11.8. The van der Waals surface area contributed by atoms with Crippen LogP contribution in [0.1, 0.15) is 12.8 Å². The fourth-order valence-electron chi connectivity index (χ4n) is 1.93. The summed E-state index contributed by atoms with van der Waals surface area (Å²) in [5.74, 6) is 0.113. The van der Waals surface area contributed by atoms with Gasteiger partial charge in [-0.3, -0.25) is 4.79 Å². The molecule has 0 radical (unpaired) electrons. The molecule has 0 saturated carbocycles. The highest BCUT2D eigenvalue weighted by atomic mass is 35.5. The van der Waals surface area contributed by atoms with E-state index in [0.29, 0.717) is 16.4 Å². The van der Waals surface area contributed by atoms with Gasteiger partial charge in [0.05, 0.1) is 17.9 Å². The van der Waals surface area contributed by atoms with E-state index in [2.05, 4.69) is 5.32 Å². The molecule has 17 heavy (non-hydrogen) atoms. The van der Waals surface area contributed by atoms with Gasteiger partial charge in [0.1, 0.15) is 0 Å². The molecule has 0 aliphatic carbocycles. The second kappa shape index (κ2) is 5.27. The van der Waals surface area contributed by atoms with Crippen LogP contribution in [0.2, 0.25) is 5.02 Å². The third-order valence-corrected chi connectivity index (χ3v) is 3.14. The van der Waals surface area contributed by atoms with Gasteiger partial charge in [0.25, 0.3) is 0 Å². The summed E-state index contributed by atoms with van der Waals surface area (Å²) in [5, 5.41) is 3.64. The molecular formula is C12H16ClN3O. The Balaban J connectivity index is 1.92. The fraction of sp³-hybridized carbons (Fsp3) is 0.417. The van der Waals surface area contributed by atoms with Gasteiger partial charge in [-0.05, 0) is 31.0 Å². The topological polar surface area (TPSA) is 58.4 Å². The smallest absolute Gasteiger partial charge is 0.241 e. The number of halogens is 1. The van der Waals surface area contributed by atoms with Crippen LogP contribution in [-0.4, -0.2) is 30.4 Å². The summed E-state index contributed by atoms with van der Waals surface area (Å²) in [6, 6.07) is 5.18. The van der Waals surface area contributed by atoms with E-state index in [4.69, 9.17) is 17.3 Å². The molecule has 4 nitrogen and oxygen atoms in total. The molecule has 0 aromatic heterocycles. The third kappa shape index (κ3) is 3.03. The number of carbonyl (C=O) groups excluding carboxylic acids is 1. The van der Waals surface area contributed by atoms with Crippen LogP contribution in [0.25, 0.3) is 0 Å². The minimum atomic E-state index is 0.113. The van der Waals surface area contributed by atoms with E-state index in [0.717, 1.165) is 25.9 Å². The lowest BCUT2D eigenvalue weighted by Gasteiger charge is -2.16. The Morgan fingerprint density at radius 3 is 2.82 bits per heavy atom. The number of rotatable bonds is 3. The summed E-state index contributed by atoms with van der Waals surface area (Å²) in [7, 11) is 0. The van der Waals surface area contributed by atoms with Gasteiger partial charge in [-0.1, -0.05) is 11.6 Å². The Kier molecular flexibility index (Phi) is 3.74. The molecule has 2 rings (SSSR count). The summed E-state index contributed by atoms with van der Waals surface area (Å²) in [6.07, 6.45) is 2.20. The van der Waals surface area contributed by atoms with Crippen molar-refractivity contribution < 1.29 is 4.79 Å². The van der Waals surface area contributed by atoms with Crippen LogP contribution in [0, 0.1) is 0 Å². The monoisotopic (exact) mass is 253 g/mol. The van der Waals surface area contributed by atoms with Crippen molar-refractivity contribution in [3.05, 3.63) is 23.2 Å². The van der Waals surface area contributed by atoms with Gasteiger partial charge >= 0.3 is 0 Å². The summed E-state index contributed by atoms with van der Waals surface area (Å²) in [5.41, 5.74) is 7.10. The first kappa shape index (κ1) is 12.0. The molecule has 1 fully saturated rings. The van der Waals surface area contributed by atoms with Crippen LogP contribution in [-0.2, 0) is 4.79 Å². The first-order valence-corrected chi connectivity index (χ1v) is 6.11. The van der Waals surface area contributed by atoms with E-state index in [1.54, 1.807) is 18.2 Å². The zero-order chi connectivity index (χ0) is 12.3. The lowest BCUT2D eigenvalue weighted by molar-refractivity contribution is -0.128. The molecule has 1 saturated heterocycles. The highest BCUT2D eigenvalue weighted by Crippen LogP contribution is 2.22. The van der Waals surface area contributed by atoms with Crippen molar-refractivity contribution in [3.63, 3.8) is 0 Å². The molecule has 1 aromatic rings. The Morgan fingerprint density at radius 1 is 1.41 bits per heavy atom. The molecule has 92 valence electrons. The Morgan fingerprint density at radius 2 is 2.12 bits per heavy atom. The minimum Gasteiger partial charge on any atom is -0.397 e. The number of anilines is 2. The van der Waals surface area contributed by atoms with E-state index >= 15 is 0 Å². The van der Waals surface area contributed by atoms with Crippen molar-refractivity contribution >= 4 is 28.9 Å². The Hall–Kier alpha value is -1.42. The van der Waals surface area contributed by atoms with Gasteiger partial charge in [-0.15, -0.1) is 0 Å². The number of hydrogen-bond donors (Lipinski definition) is 2. The fourth-order valence-corrected chi connectivity index (χ4v) is 2.10. The first-order chi connectivity index (χ1) is 8.16. The lowest BCUT2D eigenvalue weighted by Crippen LogP contribution is -2.33. The van der Waals surface area contributed by atoms with Crippen molar-refractivity contribution in [3.8, 4) is 0 Å². The summed E-state index contributed by atoms with van der Waals surface area (Å²) in [6.45, 7) is 2.00. The second-order valence-corrected chi connectivity index (χ2v) is 4.61. The number of nitrogens with one attached hydrogen (secondary N) is 1. The van der Waals surface area contributed by atoms with E-state index in [1.165, 1.54) is 0 Å². The Bertz CT molecular complexity index is 416. The predicted molar refractivity (Wildman–Crippen MR) is 70.2 cm³/mol. The molecule has 1 aromatic carbocycles.